The Bertz CT molecular complexity index is 301. The molecule has 0 bridgehead atoms. The zero-order chi connectivity index (χ0) is 9.80. The second-order valence-electron chi connectivity index (χ2n) is 3.32. The molecule has 0 amide bonds. The number of hydroxylamine groups is 1. The lowest BCUT2D eigenvalue weighted by Gasteiger charge is -2.25. The highest BCUT2D eigenvalue weighted by atomic mass is 16.6. The SMILES string of the molecule is CCONC1COCc2ccccc21. The van der Waals surface area contributed by atoms with Crippen LogP contribution in [0, 0.1) is 0 Å². The molecule has 0 aromatic heterocycles. The van der Waals surface area contributed by atoms with E-state index in [9.17, 15) is 0 Å². The van der Waals surface area contributed by atoms with Crippen molar-refractivity contribution in [2.75, 3.05) is 13.2 Å². The van der Waals surface area contributed by atoms with Crippen molar-refractivity contribution in [1.29, 1.82) is 0 Å². The Morgan fingerprint density at radius 1 is 1.50 bits per heavy atom. The van der Waals surface area contributed by atoms with Gasteiger partial charge in [-0.15, -0.1) is 0 Å². The fourth-order valence-electron chi connectivity index (χ4n) is 1.66. The first-order chi connectivity index (χ1) is 6.92. The summed E-state index contributed by atoms with van der Waals surface area (Å²) in [7, 11) is 0. The summed E-state index contributed by atoms with van der Waals surface area (Å²) in [4.78, 5) is 5.20. The third kappa shape index (κ3) is 1.95. The lowest BCUT2D eigenvalue weighted by atomic mass is 10.00. The molecule has 1 aliphatic heterocycles. The molecule has 1 aromatic rings. The van der Waals surface area contributed by atoms with Gasteiger partial charge in [0.2, 0.25) is 0 Å². The topological polar surface area (TPSA) is 30.5 Å². The maximum Gasteiger partial charge on any atom is 0.0808 e. The van der Waals surface area contributed by atoms with Crippen molar-refractivity contribution in [3.63, 3.8) is 0 Å². The van der Waals surface area contributed by atoms with Gasteiger partial charge < -0.3 is 9.57 Å². The van der Waals surface area contributed by atoms with Crippen molar-refractivity contribution in [1.82, 2.24) is 5.48 Å². The molecular formula is C11H15NO2. The summed E-state index contributed by atoms with van der Waals surface area (Å²) in [5.41, 5.74) is 5.53. The smallest absolute Gasteiger partial charge is 0.0808 e. The van der Waals surface area contributed by atoms with E-state index >= 15 is 0 Å². The minimum Gasteiger partial charge on any atom is -0.375 e. The van der Waals surface area contributed by atoms with Gasteiger partial charge >= 0.3 is 0 Å². The van der Waals surface area contributed by atoms with Crippen molar-refractivity contribution < 1.29 is 9.57 Å². The van der Waals surface area contributed by atoms with Crippen LogP contribution in [-0.4, -0.2) is 13.2 Å². The highest BCUT2D eigenvalue weighted by molar-refractivity contribution is 5.30. The zero-order valence-electron chi connectivity index (χ0n) is 8.32. The number of hydrogen-bond acceptors (Lipinski definition) is 3. The average Bonchev–Trinajstić information content (AvgIpc) is 2.26. The monoisotopic (exact) mass is 193 g/mol. The summed E-state index contributed by atoms with van der Waals surface area (Å²) >= 11 is 0. The van der Waals surface area contributed by atoms with Crippen LogP contribution in [-0.2, 0) is 16.2 Å². The molecule has 0 fully saturated rings. The van der Waals surface area contributed by atoms with Crippen LogP contribution in [0.2, 0.25) is 0 Å². The molecule has 1 N–H and O–H groups in total. The number of benzene rings is 1. The Balaban J connectivity index is 2.14. The predicted molar refractivity (Wildman–Crippen MR) is 53.6 cm³/mol. The van der Waals surface area contributed by atoms with E-state index in [1.165, 1.54) is 11.1 Å². The van der Waals surface area contributed by atoms with Crippen LogP contribution in [0.25, 0.3) is 0 Å². The lowest BCUT2D eigenvalue weighted by molar-refractivity contribution is -0.0190. The third-order valence-corrected chi connectivity index (χ3v) is 2.34. The average molecular weight is 193 g/mol. The van der Waals surface area contributed by atoms with Gasteiger partial charge in [0, 0.05) is 0 Å². The van der Waals surface area contributed by atoms with Gasteiger partial charge in [-0.25, -0.2) is 0 Å². The normalized spacial score (nSPS) is 20.5. The van der Waals surface area contributed by atoms with Crippen molar-refractivity contribution in [2.45, 2.75) is 19.6 Å². The van der Waals surface area contributed by atoms with Crippen molar-refractivity contribution in [2.24, 2.45) is 0 Å². The van der Waals surface area contributed by atoms with E-state index in [2.05, 4.69) is 17.6 Å². The minimum atomic E-state index is 0.167. The molecule has 0 aliphatic carbocycles. The molecule has 1 atom stereocenters. The highest BCUT2D eigenvalue weighted by Gasteiger charge is 2.19. The molecule has 2 rings (SSSR count). The van der Waals surface area contributed by atoms with E-state index in [1.54, 1.807) is 0 Å². The highest BCUT2D eigenvalue weighted by Crippen LogP contribution is 2.23. The second-order valence-corrected chi connectivity index (χ2v) is 3.32. The van der Waals surface area contributed by atoms with Crippen LogP contribution in [0.1, 0.15) is 24.1 Å². The van der Waals surface area contributed by atoms with Crippen molar-refractivity contribution in [3.8, 4) is 0 Å². The fourth-order valence-corrected chi connectivity index (χ4v) is 1.66. The van der Waals surface area contributed by atoms with Gasteiger partial charge in [-0.05, 0) is 18.1 Å². The summed E-state index contributed by atoms with van der Waals surface area (Å²) in [6.07, 6.45) is 0. The van der Waals surface area contributed by atoms with Gasteiger partial charge in [-0.2, -0.15) is 5.48 Å². The fraction of sp³-hybridized carbons (Fsp3) is 0.455. The molecule has 14 heavy (non-hydrogen) atoms. The lowest BCUT2D eigenvalue weighted by Crippen LogP contribution is -2.29. The molecule has 1 aromatic carbocycles. The molecule has 0 spiro atoms. The minimum absolute atomic E-state index is 0.167. The van der Waals surface area contributed by atoms with E-state index in [1.807, 2.05) is 19.1 Å². The van der Waals surface area contributed by atoms with E-state index in [4.69, 9.17) is 9.57 Å². The standard InChI is InChI=1S/C11H15NO2/c1-2-14-12-11-8-13-7-9-5-3-4-6-10(9)11/h3-6,11-12H,2,7-8H2,1H3. The first kappa shape index (κ1) is 9.65. The van der Waals surface area contributed by atoms with Gasteiger partial charge in [0.1, 0.15) is 0 Å². The molecule has 76 valence electrons. The maximum absolute atomic E-state index is 5.46. The number of ether oxygens (including phenoxy) is 1. The van der Waals surface area contributed by atoms with Crippen LogP contribution in [0.3, 0.4) is 0 Å². The van der Waals surface area contributed by atoms with E-state index in [0.717, 1.165) is 0 Å². The van der Waals surface area contributed by atoms with E-state index in [-0.39, 0.29) is 6.04 Å². The first-order valence-electron chi connectivity index (χ1n) is 4.94. The molecule has 1 aliphatic rings. The quantitative estimate of drug-likeness (QED) is 0.742. The van der Waals surface area contributed by atoms with Gasteiger partial charge in [0.15, 0.2) is 0 Å². The molecule has 0 saturated carbocycles. The Hall–Kier alpha value is -0.900. The van der Waals surface area contributed by atoms with Crippen molar-refractivity contribution in [3.05, 3.63) is 35.4 Å². The zero-order valence-corrected chi connectivity index (χ0v) is 8.32. The largest absolute Gasteiger partial charge is 0.375 e. The molecule has 0 radical (unpaired) electrons. The summed E-state index contributed by atoms with van der Waals surface area (Å²) in [5, 5.41) is 0. The van der Waals surface area contributed by atoms with Crippen LogP contribution < -0.4 is 5.48 Å². The van der Waals surface area contributed by atoms with Gasteiger partial charge in [-0.1, -0.05) is 24.3 Å². The number of nitrogens with one attached hydrogen (secondary N) is 1. The van der Waals surface area contributed by atoms with Crippen LogP contribution in [0.4, 0.5) is 0 Å². The Morgan fingerprint density at radius 3 is 3.21 bits per heavy atom. The van der Waals surface area contributed by atoms with Crippen molar-refractivity contribution >= 4 is 0 Å². The number of fused-ring (bicyclic) bond motifs is 1. The summed E-state index contributed by atoms with van der Waals surface area (Å²) in [5.74, 6) is 0. The molecule has 0 saturated heterocycles. The number of hydrogen-bond donors (Lipinski definition) is 1. The summed E-state index contributed by atoms with van der Waals surface area (Å²) in [6, 6.07) is 8.46. The molecular weight excluding hydrogens is 178 g/mol. The molecule has 1 heterocycles. The van der Waals surface area contributed by atoms with Crippen LogP contribution in [0.15, 0.2) is 24.3 Å². The van der Waals surface area contributed by atoms with Gasteiger partial charge in [0.05, 0.1) is 25.9 Å². The summed E-state index contributed by atoms with van der Waals surface area (Å²) < 4.78 is 5.46. The summed E-state index contributed by atoms with van der Waals surface area (Å²) in [6.45, 7) is 4.01. The van der Waals surface area contributed by atoms with Gasteiger partial charge in [0.25, 0.3) is 0 Å². The van der Waals surface area contributed by atoms with E-state index in [0.29, 0.717) is 19.8 Å². The maximum atomic E-state index is 5.46. The van der Waals surface area contributed by atoms with Crippen LogP contribution >= 0.6 is 0 Å². The molecule has 3 nitrogen and oxygen atoms in total. The molecule has 3 heteroatoms. The number of rotatable bonds is 3. The van der Waals surface area contributed by atoms with E-state index < -0.39 is 0 Å². The second kappa shape index (κ2) is 4.55. The Kier molecular flexibility index (Phi) is 3.14. The predicted octanol–water partition coefficient (Wildman–Crippen LogP) is 1.80. The third-order valence-electron chi connectivity index (χ3n) is 2.34. The Labute approximate surface area is 84.0 Å². The molecule has 1 unspecified atom stereocenters. The van der Waals surface area contributed by atoms with Gasteiger partial charge in [-0.3, -0.25) is 0 Å². The Morgan fingerprint density at radius 2 is 2.36 bits per heavy atom. The van der Waals surface area contributed by atoms with Crippen LogP contribution in [0.5, 0.6) is 0 Å². The first-order valence-corrected chi connectivity index (χ1v) is 4.94.